The quantitative estimate of drug-likeness (QED) is 0.593. The average molecular weight is 393 g/mol. The number of halogens is 1. The van der Waals surface area contributed by atoms with Gasteiger partial charge in [-0.15, -0.1) is 0 Å². The lowest BCUT2D eigenvalue weighted by Crippen LogP contribution is -2.16. The van der Waals surface area contributed by atoms with Gasteiger partial charge in [-0.05, 0) is 37.3 Å². The lowest BCUT2D eigenvalue weighted by Gasteiger charge is -2.10. The Bertz CT molecular complexity index is 1050. The Morgan fingerprint density at radius 2 is 1.69 bits per heavy atom. The molecule has 2 aromatic carbocycles. The van der Waals surface area contributed by atoms with E-state index >= 15 is 0 Å². The second kappa shape index (κ2) is 8.92. The number of rotatable bonds is 6. The van der Waals surface area contributed by atoms with Crippen LogP contribution >= 0.6 is 0 Å². The third-order valence-electron chi connectivity index (χ3n) is 3.92. The molecule has 0 aliphatic heterocycles. The molecule has 3 N–H and O–H groups in total. The smallest absolute Gasteiger partial charge is 0.274 e. The molecular weight excluding hydrogens is 373 g/mol. The molecule has 1 aromatic heterocycles. The number of aromatic nitrogens is 2. The topological polar surface area (TPSA) is 96.0 Å². The Labute approximate surface area is 167 Å². The van der Waals surface area contributed by atoms with Gasteiger partial charge in [0.2, 0.25) is 11.9 Å². The highest BCUT2D eigenvalue weighted by Crippen LogP contribution is 2.17. The van der Waals surface area contributed by atoms with E-state index in [-0.39, 0.29) is 29.9 Å². The summed E-state index contributed by atoms with van der Waals surface area (Å²) < 4.78 is 13.8. The molecule has 29 heavy (non-hydrogen) atoms. The first-order valence-electron chi connectivity index (χ1n) is 8.92. The Kier molecular flexibility index (Phi) is 6.13. The number of nitrogens with zero attached hydrogens (tertiary/aromatic N) is 2. The predicted octanol–water partition coefficient (Wildman–Crippen LogP) is 3.75. The highest BCUT2D eigenvalue weighted by molar-refractivity contribution is 6.03. The molecule has 0 aliphatic carbocycles. The van der Waals surface area contributed by atoms with Crippen LogP contribution in [0.2, 0.25) is 0 Å². The number of benzene rings is 2. The molecule has 7 nitrogen and oxygen atoms in total. The van der Waals surface area contributed by atoms with Gasteiger partial charge in [-0.1, -0.05) is 24.3 Å². The maximum atomic E-state index is 13.8. The highest BCUT2D eigenvalue weighted by atomic mass is 19.1. The Hall–Kier alpha value is -3.81. The van der Waals surface area contributed by atoms with Gasteiger partial charge in [-0.25, -0.2) is 14.4 Å². The van der Waals surface area contributed by atoms with Crippen LogP contribution in [-0.2, 0) is 11.3 Å². The van der Waals surface area contributed by atoms with Gasteiger partial charge in [-0.3, -0.25) is 9.59 Å². The van der Waals surface area contributed by atoms with E-state index in [1.807, 2.05) is 0 Å². The van der Waals surface area contributed by atoms with Crippen LogP contribution in [0, 0.1) is 12.7 Å². The third-order valence-corrected chi connectivity index (χ3v) is 3.92. The molecule has 0 fully saturated rings. The monoisotopic (exact) mass is 393 g/mol. The van der Waals surface area contributed by atoms with Crippen molar-refractivity contribution in [3.05, 3.63) is 77.4 Å². The highest BCUT2D eigenvalue weighted by Gasteiger charge is 2.12. The number of amides is 2. The summed E-state index contributed by atoms with van der Waals surface area (Å²) in [7, 11) is 0. The third kappa shape index (κ3) is 5.58. The zero-order valence-electron chi connectivity index (χ0n) is 16.0. The minimum Gasteiger partial charge on any atom is -0.350 e. The second-order valence-corrected chi connectivity index (χ2v) is 6.38. The SMILES string of the molecule is CC(=O)Nc1cccc(NC(=O)c2cc(C)nc(NCc3ccccc3F)n2)c1. The molecule has 0 unspecified atom stereocenters. The fraction of sp³-hybridized carbons (Fsp3) is 0.143. The summed E-state index contributed by atoms with van der Waals surface area (Å²) >= 11 is 0. The van der Waals surface area contributed by atoms with Gasteiger partial charge < -0.3 is 16.0 Å². The molecule has 3 rings (SSSR count). The molecule has 0 bridgehead atoms. The number of hydrogen-bond donors (Lipinski definition) is 3. The van der Waals surface area contributed by atoms with Gasteiger partial charge in [0, 0.05) is 36.1 Å². The van der Waals surface area contributed by atoms with Crippen LogP contribution in [0.3, 0.4) is 0 Å². The zero-order valence-corrected chi connectivity index (χ0v) is 16.0. The molecule has 2 amide bonds. The van der Waals surface area contributed by atoms with E-state index in [0.717, 1.165) is 0 Å². The second-order valence-electron chi connectivity index (χ2n) is 6.38. The predicted molar refractivity (Wildman–Crippen MR) is 109 cm³/mol. The molecule has 1 heterocycles. The largest absolute Gasteiger partial charge is 0.350 e. The molecule has 0 spiro atoms. The molecule has 0 radical (unpaired) electrons. The van der Waals surface area contributed by atoms with Gasteiger partial charge in [-0.2, -0.15) is 0 Å². The summed E-state index contributed by atoms with van der Waals surface area (Å²) in [6.45, 7) is 3.34. The molecule has 0 aliphatic rings. The maximum absolute atomic E-state index is 13.8. The number of hydrogen-bond acceptors (Lipinski definition) is 5. The number of anilines is 3. The van der Waals surface area contributed by atoms with Gasteiger partial charge >= 0.3 is 0 Å². The van der Waals surface area contributed by atoms with Crippen molar-refractivity contribution in [3.63, 3.8) is 0 Å². The van der Waals surface area contributed by atoms with E-state index < -0.39 is 5.91 Å². The minimum atomic E-state index is -0.426. The molecular formula is C21H20FN5O2. The van der Waals surface area contributed by atoms with Crippen molar-refractivity contribution in [1.82, 2.24) is 9.97 Å². The van der Waals surface area contributed by atoms with Crippen LogP contribution in [0.25, 0.3) is 0 Å². The first kappa shape index (κ1) is 19.9. The standard InChI is InChI=1S/C21H20FN5O2/c1-13-10-19(20(29)26-17-8-5-7-16(11-17)25-14(2)28)27-21(24-13)23-12-15-6-3-4-9-18(15)22/h3-11H,12H2,1-2H3,(H,25,28)(H,26,29)(H,23,24,27). The first-order valence-corrected chi connectivity index (χ1v) is 8.92. The van der Waals surface area contributed by atoms with Crippen LogP contribution in [0.1, 0.15) is 28.7 Å². The lowest BCUT2D eigenvalue weighted by molar-refractivity contribution is -0.114. The summed E-state index contributed by atoms with van der Waals surface area (Å²) in [5.41, 5.74) is 2.31. The first-order chi connectivity index (χ1) is 13.9. The van der Waals surface area contributed by atoms with E-state index in [4.69, 9.17) is 0 Å². The summed E-state index contributed by atoms with van der Waals surface area (Å²) in [6.07, 6.45) is 0. The van der Waals surface area contributed by atoms with E-state index in [1.54, 1.807) is 55.5 Å². The van der Waals surface area contributed by atoms with Crippen molar-refractivity contribution in [2.45, 2.75) is 20.4 Å². The van der Waals surface area contributed by atoms with Gasteiger partial charge in [0.1, 0.15) is 11.5 Å². The summed E-state index contributed by atoms with van der Waals surface area (Å²) in [5.74, 6) is -0.732. The van der Waals surface area contributed by atoms with Crippen LogP contribution in [0.4, 0.5) is 21.7 Å². The van der Waals surface area contributed by atoms with Crippen molar-refractivity contribution in [2.24, 2.45) is 0 Å². The lowest BCUT2D eigenvalue weighted by atomic mass is 10.2. The van der Waals surface area contributed by atoms with Gasteiger partial charge in [0.05, 0.1) is 0 Å². The van der Waals surface area contributed by atoms with Gasteiger partial charge in [0.25, 0.3) is 5.91 Å². The Morgan fingerprint density at radius 1 is 0.966 bits per heavy atom. The van der Waals surface area contributed by atoms with Gasteiger partial charge in [0.15, 0.2) is 0 Å². The Morgan fingerprint density at radius 3 is 2.41 bits per heavy atom. The number of carbonyl (C=O) groups is 2. The normalized spacial score (nSPS) is 10.3. The molecule has 148 valence electrons. The number of nitrogens with one attached hydrogen (secondary N) is 3. The van der Waals surface area contributed by atoms with Crippen LogP contribution in [0.15, 0.2) is 54.6 Å². The van der Waals surface area contributed by atoms with E-state index in [1.165, 1.54) is 13.0 Å². The van der Waals surface area contributed by atoms with Crippen molar-refractivity contribution in [2.75, 3.05) is 16.0 Å². The van der Waals surface area contributed by atoms with E-state index in [9.17, 15) is 14.0 Å². The maximum Gasteiger partial charge on any atom is 0.274 e. The minimum absolute atomic E-state index is 0.165. The fourth-order valence-electron chi connectivity index (χ4n) is 2.65. The molecule has 0 saturated carbocycles. The van der Waals surface area contributed by atoms with Crippen molar-refractivity contribution in [1.29, 1.82) is 0 Å². The van der Waals surface area contributed by atoms with Crippen molar-refractivity contribution < 1.29 is 14.0 Å². The zero-order chi connectivity index (χ0) is 20.8. The van der Waals surface area contributed by atoms with E-state index in [2.05, 4.69) is 25.9 Å². The molecule has 3 aromatic rings. The number of aryl methyl sites for hydroxylation is 1. The molecule has 0 saturated heterocycles. The summed E-state index contributed by atoms with van der Waals surface area (Å²) in [6, 6.07) is 14.7. The van der Waals surface area contributed by atoms with E-state index in [0.29, 0.717) is 22.6 Å². The summed E-state index contributed by atoms with van der Waals surface area (Å²) in [5, 5.41) is 8.34. The summed E-state index contributed by atoms with van der Waals surface area (Å²) in [4.78, 5) is 32.2. The molecule has 8 heteroatoms. The number of carbonyl (C=O) groups excluding carboxylic acids is 2. The van der Waals surface area contributed by atoms with Crippen LogP contribution in [-0.4, -0.2) is 21.8 Å². The van der Waals surface area contributed by atoms with Crippen LogP contribution < -0.4 is 16.0 Å². The fourth-order valence-corrected chi connectivity index (χ4v) is 2.65. The average Bonchev–Trinajstić information content (AvgIpc) is 2.66. The Balaban J connectivity index is 1.72. The molecule has 0 atom stereocenters. The van der Waals surface area contributed by atoms with Crippen molar-refractivity contribution in [3.8, 4) is 0 Å². The van der Waals surface area contributed by atoms with Crippen molar-refractivity contribution >= 4 is 29.1 Å². The van der Waals surface area contributed by atoms with Crippen LogP contribution in [0.5, 0.6) is 0 Å².